The number of carbonyl (C=O) groups is 2. The van der Waals surface area contributed by atoms with Gasteiger partial charge in [0, 0.05) is 31.7 Å². The molecule has 2 aliphatic heterocycles. The molecule has 1 aromatic rings. The number of rotatable bonds is 5. The van der Waals surface area contributed by atoms with Crippen LogP contribution in [0.3, 0.4) is 0 Å². The molecule has 8 nitrogen and oxygen atoms in total. The SMILES string of the molecule is COc1nc(N2CCCCC2)c(F)cc1CNC(=O)C1CCCN1C(=O)OC(C)(C)C. The number of carbonyl (C=O) groups excluding carboxylic acids is 2. The number of halogens is 1. The largest absolute Gasteiger partial charge is 0.481 e. The van der Waals surface area contributed by atoms with E-state index in [1.165, 1.54) is 18.1 Å². The van der Waals surface area contributed by atoms with Crippen molar-refractivity contribution in [3.05, 3.63) is 17.4 Å². The molecule has 2 aliphatic rings. The maximum atomic E-state index is 14.8. The number of aromatic nitrogens is 1. The van der Waals surface area contributed by atoms with E-state index in [1.807, 2.05) is 4.90 Å². The van der Waals surface area contributed by atoms with Gasteiger partial charge in [0.05, 0.1) is 7.11 Å². The van der Waals surface area contributed by atoms with Crippen molar-refractivity contribution in [2.75, 3.05) is 31.6 Å². The predicted molar refractivity (Wildman–Crippen MR) is 115 cm³/mol. The van der Waals surface area contributed by atoms with Crippen molar-refractivity contribution in [1.29, 1.82) is 0 Å². The molecule has 0 radical (unpaired) electrons. The third-order valence-electron chi connectivity index (χ3n) is 5.48. The lowest BCUT2D eigenvalue weighted by Crippen LogP contribution is -2.47. The van der Waals surface area contributed by atoms with Gasteiger partial charge in [-0.25, -0.2) is 9.18 Å². The average molecular weight is 437 g/mol. The summed E-state index contributed by atoms with van der Waals surface area (Å²) >= 11 is 0. The van der Waals surface area contributed by atoms with Crippen LogP contribution in [0.25, 0.3) is 0 Å². The molecule has 1 aromatic heterocycles. The van der Waals surface area contributed by atoms with E-state index in [0.717, 1.165) is 38.8 Å². The first-order chi connectivity index (χ1) is 14.7. The van der Waals surface area contributed by atoms with E-state index in [-0.39, 0.29) is 18.3 Å². The number of ether oxygens (including phenoxy) is 2. The van der Waals surface area contributed by atoms with Crippen molar-refractivity contribution >= 4 is 17.8 Å². The summed E-state index contributed by atoms with van der Waals surface area (Å²) in [6.07, 6.45) is 3.94. The van der Waals surface area contributed by atoms with Crippen LogP contribution in [0.15, 0.2) is 6.07 Å². The minimum absolute atomic E-state index is 0.0604. The number of likely N-dealkylation sites (tertiary alicyclic amines) is 1. The first-order valence-corrected chi connectivity index (χ1v) is 11.0. The molecule has 1 unspecified atom stereocenters. The zero-order valence-electron chi connectivity index (χ0n) is 18.9. The topological polar surface area (TPSA) is 84.0 Å². The van der Waals surface area contributed by atoms with Crippen molar-refractivity contribution in [2.24, 2.45) is 0 Å². The fraction of sp³-hybridized carbons (Fsp3) is 0.682. The van der Waals surface area contributed by atoms with Crippen molar-refractivity contribution in [2.45, 2.75) is 71.1 Å². The molecule has 9 heteroatoms. The molecule has 172 valence electrons. The van der Waals surface area contributed by atoms with Crippen molar-refractivity contribution in [1.82, 2.24) is 15.2 Å². The number of hydrogen-bond acceptors (Lipinski definition) is 6. The van der Waals surface area contributed by atoms with Crippen LogP contribution in [0, 0.1) is 5.82 Å². The smallest absolute Gasteiger partial charge is 0.410 e. The molecule has 1 N–H and O–H groups in total. The molecule has 3 heterocycles. The van der Waals surface area contributed by atoms with Crippen LogP contribution in [0.5, 0.6) is 5.88 Å². The Labute approximate surface area is 183 Å². The highest BCUT2D eigenvalue weighted by molar-refractivity contribution is 5.86. The molecular formula is C22H33FN4O4. The standard InChI is InChI=1S/C22H33FN4O4/c1-22(2,3)31-21(29)27-12-8-9-17(27)19(28)24-14-15-13-16(23)18(25-20(15)30-4)26-10-6-5-7-11-26/h13,17H,5-12,14H2,1-4H3,(H,24,28). The van der Waals surface area contributed by atoms with E-state index in [4.69, 9.17) is 9.47 Å². The van der Waals surface area contributed by atoms with Gasteiger partial charge in [-0.1, -0.05) is 0 Å². The zero-order valence-corrected chi connectivity index (χ0v) is 18.9. The third kappa shape index (κ3) is 5.77. The fourth-order valence-corrected chi connectivity index (χ4v) is 4.01. The summed E-state index contributed by atoms with van der Waals surface area (Å²) in [5.74, 6) is -0.148. The van der Waals surface area contributed by atoms with Gasteiger partial charge in [-0.05, 0) is 58.9 Å². The van der Waals surface area contributed by atoms with Gasteiger partial charge >= 0.3 is 6.09 Å². The van der Waals surface area contributed by atoms with E-state index < -0.39 is 23.6 Å². The number of nitrogens with one attached hydrogen (secondary N) is 1. The first-order valence-electron chi connectivity index (χ1n) is 11.0. The second-order valence-electron chi connectivity index (χ2n) is 9.06. The second-order valence-corrected chi connectivity index (χ2v) is 9.06. The Balaban J connectivity index is 1.66. The second kappa shape index (κ2) is 9.70. The van der Waals surface area contributed by atoms with Crippen molar-refractivity contribution in [3.63, 3.8) is 0 Å². The molecule has 2 amide bonds. The highest BCUT2D eigenvalue weighted by Crippen LogP contribution is 2.27. The predicted octanol–water partition coefficient (Wildman–Crippen LogP) is 3.24. The summed E-state index contributed by atoms with van der Waals surface area (Å²) in [5.41, 5.74) is -0.177. The lowest BCUT2D eigenvalue weighted by molar-refractivity contribution is -0.125. The monoisotopic (exact) mass is 436 g/mol. The normalized spacial score (nSPS) is 19.3. The number of piperidine rings is 1. The van der Waals surface area contributed by atoms with Gasteiger partial charge in [-0.15, -0.1) is 0 Å². The summed E-state index contributed by atoms with van der Waals surface area (Å²) in [6, 6.07) is 0.766. The number of nitrogens with zero attached hydrogens (tertiary/aromatic N) is 3. The molecule has 0 aromatic carbocycles. The van der Waals surface area contributed by atoms with Crippen LogP contribution in [-0.4, -0.2) is 60.3 Å². The highest BCUT2D eigenvalue weighted by atomic mass is 19.1. The zero-order chi connectivity index (χ0) is 22.6. The number of pyridine rings is 1. The lowest BCUT2D eigenvalue weighted by Gasteiger charge is -2.29. The number of amides is 2. The minimum Gasteiger partial charge on any atom is -0.481 e. The number of hydrogen-bond donors (Lipinski definition) is 1. The van der Waals surface area contributed by atoms with E-state index in [2.05, 4.69) is 10.3 Å². The van der Waals surface area contributed by atoms with E-state index in [1.54, 1.807) is 20.8 Å². The third-order valence-corrected chi connectivity index (χ3v) is 5.48. The summed E-state index contributed by atoms with van der Waals surface area (Å²) in [6.45, 7) is 7.44. The van der Waals surface area contributed by atoms with Gasteiger partial charge in [0.15, 0.2) is 11.6 Å². The van der Waals surface area contributed by atoms with Crippen LogP contribution in [-0.2, 0) is 16.1 Å². The van der Waals surface area contributed by atoms with E-state index in [9.17, 15) is 14.0 Å². The average Bonchev–Trinajstić information content (AvgIpc) is 3.22. The summed E-state index contributed by atoms with van der Waals surface area (Å²) in [4.78, 5) is 32.9. The van der Waals surface area contributed by atoms with E-state index >= 15 is 0 Å². The Hall–Kier alpha value is -2.58. The van der Waals surface area contributed by atoms with Crippen molar-refractivity contribution < 1.29 is 23.5 Å². The Morgan fingerprint density at radius 1 is 1.19 bits per heavy atom. The fourth-order valence-electron chi connectivity index (χ4n) is 4.01. The molecule has 2 fully saturated rings. The van der Waals surface area contributed by atoms with E-state index in [0.29, 0.717) is 24.3 Å². The molecule has 0 spiro atoms. The number of anilines is 1. The van der Waals surface area contributed by atoms with Crippen LogP contribution in [0.4, 0.5) is 15.0 Å². The summed E-state index contributed by atoms with van der Waals surface area (Å²) in [5, 5.41) is 2.80. The lowest BCUT2D eigenvalue weighted by atomic mass is 10.1. The number of methoxy groups -OCH3 is 1. The van der Waals surface area contributed by atoms with Gasteiger partial charge < -0.3 is 19.7 Å². The van der Waals surface area contributed by atoms with Crippen LogP contribution in [0.1, 0.15) is 58.4 Å². The van der Waals surface area contributed by atoms with Crippen molar-refractivity contribution in [3.8, 4) is 5.88 Å². The Morgan fingerprint density at radius 2 is 1.90 bits per heavy atom. The maximum Gasteiger partial charge on any atom is 0.410 e. The van der Waals surface area contributed by atoms with Gasteiger partial charge in [0.2, 0.25) is 11.8 Å². The molecule has 31 heavy (non-hydrogen) atoms. The molecule has 2 saturated heterocycles. The highest BCUT2D eigenvalue weighted by Gasteiger charge is 2.36. The quantitative estimate of drug-likeness (QED) is 0.763. The van der Waals surface area contributed by atoms with Gasteiger partial charge in [-0.3, -0.25) is 9.69 Å². The summed E-state index contributed by atoms with van der Waals surface area (Å²) < 4.78 is 25.5. The maximum absolute atomic E-state index is 14.8. The Kier molecular flexibility index (Phi) is 7.23. The van der Waals surface area contributed by atoms with Crippen LogP contribution < -0.4 is 15.0 Å². The molecule has 3 rings (SSSR count). The molecule has 0 bridgehead atoms. The van der Waals surface area contributed by atoms with Gasteiger partial charge in [0.1, 0.15) is 11.6 Å². The van der Waals surface area contributed by atoms with Gasteiger partial charge in [-0.2, -0.15) is 4.98 Å². The first kappa shape index (κ1) is 23.1. The molecular weight excluding hydrogens is 403 g/mol. The molecule has 0 saturated carbocycles. The Bertz CT molecular complexity index is 805. The van der Waals surface area contributed by atoms with Crippen LogP contribution >= 0.6 is 0 Å². The summed E-state index contributed by atoms with van der Waals surface area (Å²) in [7, 11) is 1.48. The van der Waals surface area contributed by atoms with Gasteiger partial charge in [0.25, 0.3) is 0 Å². The van der Waals surface area contributed by atoms with Crippen LogP contribution in [0.2, 0.25) is 0 Å². The Morgan fingerprint density at radius 3 is 2.55 bits per heavy atom. The molecule has 1 atom stereocenters. The minimum atomic E-state index is -0.632. The molecule has 0 aliphatic carbocycles.